The summed E-state index contributed by atoms with van der Waals surface area (Å²) in [6.07, 6.45) is 0. The summed E-state index contributed by atoms with van der Waals surface area (Å²) in [5, 5.41) is 6.99. The van der Waals surface area contributed by atoms with Crippen molar-refractivity contribution in [2.75, 3.05) is 7.05 Å². The lowest BCUT2D eigenvalue weighted by molar-refractivity contribution is -0.124. The molecule has 0 bridgehead atoms. The number of amides is 1. The number of hydrogen-bond acceptors (Lipinski definition) is 2. The Balaban J connectivity index is 2.81. The number of nitrogens with one attached hydrogen (secondary N) is 1. The molecule has 4 nitrogen and oxygen atoms in total. The minimum Gasteiger partial charge on any atom is -0.359 e. The summed E-state index contributed by atoms with van der Waals surface area (Å²) in [7, 11) is 1.65. The monoisotopic (exact) mass is 273 g/mol. The van der Waals surface area contributed by atoms with Gasteiger partial charge in [0, 0.05) is 12.7 Å². The highest BCUT2D eigenvalue weighted by molar-refractivity contribution is 9.10. The molecule has 0 aliphatic carbocycles. The maximum absolute atomic E-state index is 11.4. The Bertz CT molecular complexity index is 373. The number of hydrogen-bond donors (Lipinski definition) is 1. The van der Waals surface area contributed by atoms with Crippen molar-refractivity contribution in [1.29, 1.82) is 0 Å². The lowest BCUT2D eigenvalue weighted by atomic mass is 10.1. The van der Waals surface area contributed by atoms with Gasteiger partial charge in [0.05, 0.1) is 22.6 Å². The van der Waals surface area contributed by atoms with Crippen molar-refractivity contribution in [2.24, 2.45) is 5.92 Å². The largest absolute Gasteiger partial charge is 0.359 e. The normalized spacial score (nSPS) is 12.6. The Morgan fingerprint density at radius 1 is 1.60 bits per heavy atom. The first-order valence-electron chi connectivity index (χ1n) is 4.88. The van der Waals surface area contributed by atoms with E-state index in [1.165, 1.54) is 0 Å². The summed E-state index contributed by atoms with van der Waals surface area (Å²) in [6, 6.07) is 0. The number of carbonyl (C=O) groups excluding carboxylic acids is 1. The predicted octanol–water partition coefficient (Wildman–Crippen LogP) is 1.64. The lowest BCUT2D eigenvalue weighted by Crippen LogP contribution is -2.29. The zero-order valence-corrected chi connectivity index (χ0v) is 11.1. The molecule has 0 aliphatic heterocycles. The van der Waals surface area contributed by atoms with Gasteiger partial charge in [0.15, 0.2) is 0 Å². The number of halogens is 1. The van der Waals surface area contributed by atoms with Gasteiger partial charge in [-0.1, -0.05) is 6.92 Å². The van der Waals surface area contributed by atoms with E-state index in [0.29, 0.717) is 6.54 Å². The Hall–Kier alpha value is -0.840. The van der Waals surface area contributed by atoms with Crippen LogP contribution in [0.5, 0.6) is 0 Å². The predicted molar refractivity (Wildman–Crippen MR) is 62.6 cm³/mol. The van der Waals surface area contributed by atoms with Gasteiger partial charge < -0.3 is 5.32 Å². The summed E-state index contributed by atoms with van der Waals surface area (Å²) in [5.74, 6) is -0.0291. The van der Waals surface area contributed by atoms with Crippen LogP contribution in [0.4, 0.5) is 0 Å². The molecule has 15 heavy (non-hydrogen) atoms. The first kappa shape index (κ1) is 12.2. The molecule has 0 saturated heterocycles. The molecule has 84 valence electrons. The molecule has 0 aliphatic rings. The van der Waals surface area contributed by atoms with Crippen LogP contribution in [0, 0.1) is 19.8 Å². The van der Waals surface area contributed by atoms with Crippen LogP contribution in [0.1, 0.15) is 18.3 Å². The van der Waals surface area contributed by atoms with Gasteiger partial charge in [-0.15, -0.1) is 0 Å². The summed E-state index contributed by atoms with van der Waals surface area (Å²) >= 11 is 3.46. The fourth-order valence-corrected chi connectivity index (χ4v) is 1.73. The van der Waals surface area contributed by atoms with Crippen LogP contribution in [0.25, 0.3) is 0 Å². The molecule has 1 aromatic heterocycles. The molecular formula is C10H16BrN3O. The van der Waals surface area contributed by atoms with Crippen molar-refractivity contribution < 1.29 is 4.79 Å². The van der Waals surface area contributed by atoms with Crippen molar-refractivity contribution in [1.82, 2.24) is 15.1 Å². The maximum atomic E-state index is 11.4. The second-order valence-corrected chi connectivity index (χ2v) is 4.48. The van der Waals surface area contributed by atoms with E-state index < -0.39 is 0 Å². The molecule has 0 radical (unpaired) electrons. The van der Waals surface area contributed by atoms with Gasteiger partial charge in [-0.05, 0) is 29.8 Å². The Labute approximate surface area is 98.2 Å². The first-order chi connectivity index (χ1) is 6.97. The fraction of sp³-hybridized carbons (Fsp3) is 0.600. The topological polar surface area (TPSA) is 46.9 Å². The zero-order valence-electron chi connectivity index (χ0n) is 9.47. The van der Waals surface area contributed by atoms with Gasteiger partial charge in [-0.3, -0.25) is 9.48 Å². The SMILES string of the molecule is CNC(=O)[C@H](C)Cn1nc(C)c(Br)c1C. The van der Waals surface area contributed by atoms with Gasteiger partial charge in [-0.25, -0.2) is 0 Å². The average Bonchev–Trinajstić information content (AvgIpc) is 2.45. The second-order valence-electron chi connectivity index (χ2n) is 3.68. The zero-order chi connectivity index (χ0) is 11.6. The van der Waals surface area contributed by atoms with Gasteiger partial charge in [-0.2, -0.15) is 5.10 Å². The van der Waals surface area contributed by atoms with E-state index in [0.717, 1.165) is 15.9 Å². The van der Waals surface area contributed by atoms with E-state index >= 15 is 0 Å². The Morgan fingerprint density at radius 3 is 2.60 bits per heavy atom. The first-order valence-corrected chi connectivity index (χ1v) is 5.67. The van der Waals surface area contributed by atoms with Crippen LogP contribution in [0.2, 0.25) is 0 Å². The molecule has 1 aromatic rings. The van der Waals surface area contributed by atoms with Crippen molar-refractivity contribution in [3.05, 3.63) is 15.9 Å². The highest BCUT2D eigenvalue weighted by Crippen LogP contribution is 2.20. The highest BCUT2D eigenvalue weighted by atomic mass is 79.9. The van der Waals surface area contributed by atoms with Gasteiger partial charge >= 0.3 is 0 Å². The third-order valence-electron chi connectivity index (χ3n) is 2.43. The molecule has 0 spiro atoms. The number of aromatic nitrogens is 2. The third-order valence-corrected chi connectivity index (χ3v) is 3.58. The van der Waals surface area contributed by atoms with Crippen LogP contribution in [-0.2, 0) is 11.3 Å². The molecular weight excluding hydrogens is 258 g/mol. The number of rotatable bonds is 3. The standard InChI is InChI=1S/C10H16BrN3O/c1-6(10(15)12-4)5-14-8(3)9(11)7(2)13-14/h6H,5H2,1-4H3,(H,12,15)/t6-/m1/s1. The van der Waals surface area contributed by atoms with E-state index in [-0.39, 0.29) is 11.8 Å². The van der Waals surface area contributed by atoms with Crippen molar-refractivity contribution >= 4 is 21.8 Å². The molecule has 0 saturated carbocycles. The highest BCUT2D eigenvalue weighted by Gasteiger charge is 2.15. The minimum atomic E-state index is -0.0695. The van der Waals surface area contributed by atoms with E-state index in [1.54, 1.807) is 7.05 Å². The van der Waals surface area contributed by atoms with Gasteiger partial charge in [0.25, 0.3) is 0 Å². The molecule has 1 N–H and O–H groups in total. The molecule has 0 unspecified atom stereocenters. The van der Waals surface area contributed by atoms with Crippen LogP contribution >= 0.6 is 15.9 Å². The van der Waals surface area contributed by atoms with Crippen LogP contribution in [0.3, 0.4) is 0 Å². The molecule has 5 heteroatoms. The van der Waals surface area contributed by atoms with E-state index in [9.17, 15) is 4.79 Å². The second kappa shape index (κ2) is 4.79. The summed E-state index contributed by atoms with van der Waals surface area (Å²) < 4.78 is 2.88. The quantitative estimate of drug-likeness (QED) is 0.911. The van der Waals surface area contributed by atoms with E-state index in [4.69, 9.17) is 0 Å². The number of nitrogens with zero attached hydrogens (tertiary/aromatic N) is 2. The number of carbonyl (C=O) groups is 1. The van der Waals surface area contributed by atoms with E-state index in [1.807, 2.05) is 25.5 Å². The lowest BCUT2D eigenvalue weighted by Gasteiger charge is -2.11. The molecule has 1 amide bonds. The molecule has 0 aromatic carbocycles. The Morgan fingerprint density at radius 2 is 2.20 bits per heavy atom. The summed E-state index contributed by atoms with van der Waals surface area (Å²) in [5.41, 5.74) is 2.01. The van der Waals surface area contributed by atoms with Crippen molar-refractivity contribution in [3.63, 3.8) is 0 Å². The van der Waals surface area contributed by atoms with Gasteiger partial charge in [0.1, 0.15) is 0 Å². The van der Waals surface area contributed by atoms with Gasteiger partial charge in [0.2, 0.25) is 5.91 Å². The molecule has 1 heterocycles. The third kappa shape index (κ3) is 2.59. The van der Waals surface area contributed by atoms with Crippen molar-refractivity contribution in [2.45, 2.75) is 27.3 Å². The molecule has 1 atom stereocenters. The maximum Gasteiger partial charge on any atom is 0.224 e. The average molecular weight is 274 g/mol. The molecule has 0 fully saturated rings. The van der Waals surface area contributed by atoms with Crippen LogP contribution in [0.15, 0.2) is 4.47 Å². The summed E-state index contributed by atoms with van der Waals surface area (Å²) in [6.45, 7) is 6.43. The smallest absolute Gasteiger partial charge is 0.224 e. The fourth-order valence-electron chi connectivity index (χ4n) is 1.44. The number of aryl methyl sites for hydroxylation is 1. The minimum absolute atomic E-state index is 0.0404. The van der Waals surface area contributed by atoms with Crippen LogP contribution < -0.4 is 5.32 Å². The summed E-state index contributed by atoms with van der Waals surface area (Å²) in [4.78, 5) is 11.4. The van der Waals surface area contributed by atoms with E-state index in [2.05, 4.69) is 26.3 Å². The van der Waals surface area contributed by atoms with Crippen LogP contribution in [-0.4, -0.2) is 22.7 Å². The Kier molecular flexibility index (Phi) is 3.90. The van der Waals surface area contributed by atoms with Crippen molar-refractivity contribution in [3.8, 4) is 0 Å². The molecule has 1 rings (SSSR count).